The maximum absolute atomic E-state index is 4.60. The molecule has 4 aromatic carbocycles. The molecule has 0 amide bonds. The van der Waals surface area contributed by atoms with Crippen LogP contribution in [-0.2, 0) is 0 Å². The van der Waals surface area contributed by atoms with Crippen molar-refractivity contribution in [3.63, 3.8) is 0 Å². The van der Waals surface area contributed by atoms with Crippen molar-refractivity contribution in [1.82, 2.24) is 14.8 Å². The molecule has 0 spiro atoms. The summed E-state index contributed by atoms with van der Waals surface area (Å²) in [6, 6.07) is 35.8. The Hall–Kier alpha value is -3.98. The van der Waals surface area contributed by atoms with Crippen LogP contribution in [0.5, 0.6) is 0 Å². The lowest BCUT2D eigenvalue weighted by molar-refractivity contribution is 1.07. The van der Waals surface area contributed by atoms with Crippen LogP contribution in [0.4, 0.5) is 0 Å². The van der Waals surface area contributed by atoms with Crippen molar-refractivity contribution in [2.75, 3.05) is 0 Å². The molecule has 0 saturated carbocycles. The van der Waals surface area contributed by atoms with E-state index >= 15 is 0 Å². The van der Waals surface area contributed by atoms with Crippen molar-refractivity contribution in [2.24, 2.45) is 0 Å². The molecule has 0 unspecified atom stereocenters. The smallest absolute Gasteiger partial charge is 0.168 e. The molecule has 0 atom stereocenters. The monoisotopic (exact) mass is 401 g/mol. The Morgan fingerprint density at radius 3 is 1.42 bits per heavy atom. The largest absolute Gasteiger partial charge is 0.275 e. The van der Waals surface area contributed by atoms with E-state index in [4.69, 9.17) is 0 Å². The molecule has 3 heteroatoms. The average Bonchev–Trinajstić information content (AvgIpc) is 3.26. The Bertz CT molecular complexity index is 1300. The number of aromatic nitrogens is 3. The number of rotatable bonds is 4. The van der Waals surface area contributed by atoms with E-state index in [0.717, 1.165) is 28.5 Å². The van der Waals surface area contributed by atoms with E-state index in [2.05, 4.69) is 126 Å². The molecule has 3 nitrogen and oxygen atoms in total. The van der Waals surface area contributed by atoms with Gasteiger partial charge >= 0.3 is 0 Å². The summed E-state index contributed by atoms with van der Waals surface area (Å²) in [5.41, 5.74) is 7.97. The van der Waals surface area contributed by atoms with Crippen LogP contribution in [-0.4, -0.2) is 14.8 Å². The second-order valence-corrected chi connectivity index (χ2v) is 7.83. The van der Waals surface area contributed by atoms with Gasteiger partial charge < -0.3 is 0 Å². The Labute approximate surface area is 182 Å². The van der Waals surface area contributed by atoms with E-state index in [1.165, 1.54) is 22.3 Å². The maximum atomic E-state index is 4.60. The molecule has 5 rings (SSSR count). The summed E-state index contributed by atoms with van der Waals surface area (Å²) in [5.74, 6) is 1.67. The van der Waals surface area contributed by atoms with Crippen LogP contribution in [0, 0.1) is 13.8 Å². The minimum absolute atomic E-state index is 0.832. The van der Waals surface area contributed by atoms with Crippen LogP contribution in [0.3, 0.4) is 0 Å². The standard InChI is InChI=1S/C28H23N3/c1-20-8-12-24(13-9-20)27-29-30-28(31(27)26-18-10-21(2)11-19-26)25-16-14-23(15-17-25)22-6-4-3-5-7-22/h3-19H,1-2H3. The van der Waals surface area contributed by atoms with Crippen molar-refractivity contribution < 1.29 is 0 Å². The average molecular weight is 402 g/mol. The Morgan fingerprint density at radius 1 is 0.452 bits per heavy atom. The number of hydrogen-bond donors (Lipinski definition) is 0. The van der Waals surface area contributed by atoms with Gasteiger partial charge in [-0.1, -0.05) is 102 Å². The quantitative estimate of drug-likeness (QED) is 0.328. The normalized spacial score (nSPS) is 10.9. The highest BCUT2D eigenvalue weighted by Crippen LogP contribution is 2.30. The van der Waals surface area contributed by atoms with E-state index in [9.17, 15) is 0 Å². The van der Waals surface area contributed by atoms with Gasteiger partial charge in [0.1, 0.15) is 0 Å². The highest BCUT2D eigenvalue weighted by Gasteiger charge is 2.17. The minimum atomic E-state index is 0.832. The molecule has 0 aliphatic heterocycles. The number of nitrogens with zero attached hydrogens (tertiary/aromatic N) is 3. The maximum Gasteiger partial charge on any atom is 0.168 e. The van der Waals surface area contributed by atoms with Gasteiger partial charge in [0.2, 0.25) is 0 Å². The first-order chi connectivity index (χ1) is 15.2. The minimum Gasteiger partial charge on any atom is -0.275 e. The summed E-state index contributed by atoms with van der Waals surface area (Å²) in [5, 5.41) is 9.18. The van der Waals surface area contributed by atoms with Gasteiger partial charge in [0.25, 0.3) is 0 Å². The topological polar surface area (TPSA) is 30.7 Å². The zero-order valence-corrected chi connectivity index (χ0v) is 17.7. The second-order valence-electron chi connectivity index (χ2n) is 7.83. The van der Waals surface area contributed by atoms with Gasteiger partial charge in [-0.05, 0) is 37.1 Å². The molecular formula is C28H23N3. The zero-order valence-electron chi connectivity index (χ0n) is 17.7. The summed E-state index contributed by atoms with van der Waals surface area (Å²) >= 11 is 0. The Morgan fingerprint density at radius 2 is 0.871 bits per heavy atom. The predicted molar refractivity (Wildman–Crippen MR) is 127 cm³/mol. The highest BCUT2D eigenvalue weighted by molar-refractivity contribution is 5.71. The lowest BCUT2D eigenvalue weighted by Gasteiger charge is -2.12. The fourth-order valence-corrected chi connectivity index (χ4v) is 3.74. The molecule has 0 saturated heterocycles. The lowest BCUT2D eigenvalue weighted by Crippen LogP contribution is -2.00. The van der Waals surface area contributed by atoms with E-state index in [-0.39, 0.29) is 0 Å². The third-order valence-electron chi connectivity index (χ3n) is 5.52. The summed E-state index contributed by atoms with van der Waals surface area (Å²) in [7, 11) is 0. The Kier molecular flexibility index (Phi) is 4.93. The van der Waals surface area contributed by atoms with Crippen LogP contribution in [0.2, 0.25) is 0 Å². The van der Waals surface area contributed by atoms with Gasteiger partial charge in [-0.15, -0.1) is 10.2 Å². The molecule has 1 aromatic heterocycles. The van der Waals surface area contributed by atoms with Crippen molar-refractivity contribution >= 4 is 0 Å². The van der Waals surface area contributed by atoms with Gasteiger partial charge in [0.15, 0.2) is 11.6 Å². The van der Waals surface area contributed by atoms with E-state index in [1.807, 2.05) is 6.07 Å². The summed E-state index contributed by atoms with van der Waals surface area (Å²) in [6.07, 6.45) is 0. The van der Waals surface area contributed by atoms with Crippen LogP contribution >= 0.6 is 0 Å². The van der Waals surface area contributed by atoms with Gasteiger partial charge in [-0.3, -0.25) is 4.57 Å². The summed E-state index contributed by atoms with van der Waals surface area (Å²) < 4.78 is 2.14. The fraction of sp³-hybridized carbons (Fsp3) is 0.0714. The van der Waals surface area contributed by atoms with E-state index < -0.39 is 0 Å². The molecule has 150 valence electrons. The van der Waals surface area contributed by atoms with Gasteiger partial charge in [-0.2, -0.15) is 0 Å². The third kappa shape index (κ3) is 3.78. The first-order valence-electron chi connectivity index (χ1n) is 10.4. The lowest BCUT2D eigenvalue weighted by atomic mass is 10.0. The highest BCUT2D eigenvalue weighted by atomic mass is 15.3. The fourth-order valence-electron chi connectivity index (χ4n) is 3.74. The summed E-state index contributed by atoms with van der Waals surface area (Å²) in [4.78, 5) is 0. The van der Waals surface area contributed by atoms with Crippen LogP contribution in [0.25, 0.3) is 39.6 Å². The van der Waals surface area contributed by atoms with E-state index in [0.29, 0.717) is 0 Å². The number of benzene rings is 4. The molecule has 0 radical (unpaired) electrons. The molecule has 1 heterocycles. The zero-order chi connectivity index (χ0) is 21.2. The van der Waals surface area contributed by atoms with Gasteiger partial charge in [-0.25, -0.2) is 0 Å². The molecule has 0 fully saturated rings. The molecule has 0 aliphatic carbocycles. The molecule has 5 aromatic rings. The van der Waals surface area contributed by atoms with Crippen molar-refractivity contribution in [1.29, 1.82) is 0 Å². The molecule has 0 N–H and O–H groups in total. The molecule has 0 aliphatic rings. The van der Waals surface area contributed by atoms with Gasteiger partial charge in [0.05, 0.1) is 0 Å². The van der Waals surface area contributed by atoms with Crippen molar-refractivity contribution in [3.05, 3.63) is 114 Å². The first kappa shape index (κ1) is 19.0. The predicted octanol–water partition coefficient (Wildman–Crippen LogP) is 6.89. The third-order valence-corrected chi connectivity index (χ3v) is 5.52. The summed E-state index contributed by atoms with van der Waals surface area (Å²) in [6.45, 7) is 4.19. The second kappa shape index (κ2) is 8.04. The SMILES string of the molecule is Cc1ccc(-c2nnc(-c3ccc(-c4ccccc4)cc3)n2-c2ccc(C)cc2)cc1. The molecule has 0 bridgehead atoms. The van der Waals surface area contributed by atoms with Crippen molar-refractivity contribution in [3.8, 4) is 39.6 Å². The number of hydrogen-bond acceptors (Lipinski definition) is 2. The van der Waals surface area contributed by atoms with Crippen LogP contribution < -0.4 is 0 Å². The van der Waals surface area contributed by atoms with Crippen LogP contribution in [0.15, 0.2) is 103 Å². The van der Waals surface area contributed by atoms with Gasteiger partial charge in [0, 0.05) is 16.8 Å². The molecular weight excluding hydrogens is 378 g/mol. The van der Waals surface area contributed by atoms with Crippen molar-refractivity contribution in [2.45, 2.75) is 13.8 Å². The number of aryl methyl sites for hydroxylation is 2. The molecule has 31 heavy (non-hydrogen) atoms. The van der Waals surface area contributed by atoms with Crippen LogP contribution in [0.1, 0.15) is 11.1 Å². The van der Waals surface area contributed by atoms with E-state index in [1.54, 1.807) is 0 Å². The Balaban J connectivity index is 1.63. The first-order valence-corrected chi connectivity index (χ1v) is 10.4.